The second kappa shape index (κ2) is 10.6. The zero-order valence-electron chi connectivity index (χ0n) is 19.6. The molecule has 0 aliphatic heterocycles. The molecule has 3 aromatic rings. The molecular weight excluding hydrogens is 442 g/mol. The Kier molecular flexibility index (Phi) is 7.14. The average molecular weight is 476 g/mol. The molecule has 1 aromatic carbocycles. The third-order valence-corrected chi connectivity index (χ3v) is 7.93. The van der Waals surface area contributed by atoms with Gasteiger partial charge in [-0.15, -0.1) is 11.3 Å². The van der Waals surface area contributed by atoms with Gasteiger partial charge < -0.3 is 14.4 Å². The number of thiophene rings is 1. The number of carbonyl (C=O) groups excluding carboxylic acids is 2. The van der Waals surface area contributed by atoms with Crippen LogP contribution in [0.5, 0.6) is 0 Å². The van der Waals surface area contributed by atoms with Crippen LogP contribution >= 0.6 is 11.3 Å². The second-order valence-corrected chi connectivity index (χ2v) is 10.5. The van der Waals surface area contributed by atoms with E-state index in [0.29, 0.717) is 6.54 Å². The minimum absolute atomic E-state index is 0.0125. The van der Waals surface area contributed by atoms with Crippen molar-refractivity contribution >= 4 is 23.2 Å². The number of benzene rings is 1. The molecule has 5 rings (SSSR count). The molecule has 0 saturated heterocycles. The number of aromatic nitrogens is 1. The summed E-state index contributed by atoms with van der Waals surface area (Å²) in [6.07, 6.45) is 9.66. The number of rotatable bonds is 9. The lowest BCUT2D eigenvalue weighted by molar-refractivity contribution is -0.133. The van der Waals surface area contributed by atoms with Gasteiger partial charge in [0.2, 0.25) is 5.91 Å². The molecule has 2 heterocycles. The Morgan fingerprint density at radius 3 is 2.32 bits per heavy atom. The Balaban J connectivity index is 1.32. The van der Waals surface area contributed by atoms with Gasteiger partial charge in [0.05, 0.1) is 11.4 Å². The summed E-state index contributed by atoms with van der Waals surface area (Å²) in [4.78, 5) is 31.7. The Labute approximate surface area is 206 Å². The molecule has 34 heavy (non-hydrogen) atoms. The van der Waals surface area contributed by atoms with Crippen LogP contribution in [0, 0.1) is 0 Å². The first-order valence-corrected chi connectivity index (χ1v) is 13.4. The molecule has 0 atom stereocenters. The van der Waals surface area contributed by atoms with Gasteiger partial charge in [0.25, 0.3) is 5.91 Å². The molecule has 2 aliphatic carbocycles. The van der Waals surface area contributed by atoms with Crippen molar-refractivity contribution in [2.45, 2.75) is 70.1 Å². The van der Waals surface area contributed by atoms with Crippen LogP contribution in [0.1, 0.15) is 65.9 Å². The zero-order chi connectivity index (χ0) is 23.3. The Hall–Kier alpha value is -2.86. The maximum Gasteiger partial charge on any atom is 0.264 e. The summed E-state index contributed by atoms with van der Waals surface area (Å²) in [6, 6.07) is 18.8. The molecule has 2 saturated carbocycles. The van der Waals surface area contributed by atoms with E-state index in [2.05, 4.69) is 47.2 Å². The fourth-order valence-electron chi connectivity index (χ4n) is 5.05. The lowest BCUT2D eigenvalue weighted by atomic mass is 9.94. The van der Waals surface area contributed by atoms with E-state index in [1.54, 1.807) is 0 Å². The molecule has 2 amide bonds. The number of carbonyl (C=O) groups is 2. The summed E-state index contributed by atoms with van der Waals surface area (Å²) < 4.78 is 2.23. The van der Waals surface area contributed by atoms with Gasteiger partial charge in [-0.2, -0.15) is 0 Å². The standard InChI is InChI=1S/C28H33N3O2S/c32-27(21-31(23-11-5-2-6-12-23)28(33)26-14-8-18-34-26)30(24-15-16-24)20-25-13-7-17-29(25)19-22-9-3-1-4-10-22/h1,3-4,7-10,13-14,17-18,23-24H,2,5-6,11-12,15-16,19-21H2. The highest BCUT2D eigenvalue weighted by Gasteiger charge is 2.36. The summed E-state index contributed by atoms with van der Waals surface area (Å²) in [5, 5.41) is 1.94. The Morgan fingerprint density at radius 1 is 0.853 bits per heavy atom. The molecule has 2 fully saturated rings. The molecule has 0 N–H and O–H groups in total. The normalized spacial score (nSPS) is 16.4. The molecule has 2 aliphatic rings. The van der Waals surface area contributed by atoms with E-state index in [4.69, 9.17) is 0 Å². The summed E-state index contributed by atoms with van der Waals surface area (Å²) in [5.41, 5.74) is 2.38. The van der Waals surface area contributed by atoms with Crippen molar-refractivity contribution in [3.8, 4) is 0 Å². The van der Waals surface area contributed by atoms with Crippen LogP contribution in [0.25, 0.3) is 0 Å². The first-order valence-electron chi connectivity index (χ1n) is 12.5. The first-order chi connectivity index (χ1) is 16.7. The van der Waals surface area contributed by atoms with E-state index in [0.717, 1.165) is 55.6 Å². The molecular formula is C28H33N3O2S. The molecule has 0 unspecified atom stereocenters. The average Bonchev–Trinajstić information content (AvgIpc) is 3.37. The van der Waals surface area contributed by atoms with Crippen molar-refractivity contribution in [3.63, 3.8) is 0 Å². The number of amides is 2. The predicted molar refractivity (Wildman–Crippen MR) is 136 cm³/mol. The van der Waals surface area contributed by atoms with Crippen LogP contribution in [0.2, 0.25) is 0 Å². The van der Waals surface area contributed by atoms with E-state index < -0.39 is 0 Å². The van der Waals surface area contributed by atoms with Crippen molar-refractivity contribution in [2.24, 2.45) is 0 Å². The summed E-state index contributed by atoms with van der Waals surface area (Å²) >= 11 is 1.46. The maximum absolute atomic E-state index is 13.7. The number of hydrogen-bond acceptors (Lipinski definition) is 3. The minimum atomic E-state index is 0.0125. The van der Waals surface area contributed by atoms with Crippen molar-refractivity contribution in [3.05, 3.63) is 82.3 Å². The molecule has 178 valence electrons. The van der Waals surface area contributed by atoms with E-state index in [9.17, 15) is 9.59 Å². The van der Waals surface area contributed by atoms with Gasteiger partial charge in [0.15, 0.2) is 0 Å². The first kappa shape index (κ1) is 22.9. The fourth-order valence-corrected chi connectivity index (χ4v) is 5.73. The smallest absolute Gasteiger partial charge is 0.264 e. The maximum atomic E-state index is 13.7. The predicted octanol–water partition coefficient (Wildman–Crippen LogP) is 5.56. The van der Waals surface area contributed by atoms with E-state index in [1.165, 1.54) is 23.3 Å². The molecule has 0 radical (unpaired) electrons. The number of nitrogens with zero attached hydrogens (tertiary/aromatic N) is 3. The van der Waals surface area contributed by atoms with Gasteiger partial charge in [-0.25, -0.2) is 0 Å². The molecule has 0 bridgehead atoms. The summed E-state index contributed by atoms with van der Waals surface area (Å²) in [6.45, 7) is 1.56. The Bertz CT molecular complexity index is 1080. The van der Waals surface area contributed by atoms with Crippen molar-refractivity contribution < 1.29 is 9.59 Å². The highest BCUT2D eigenvalue weighted by Crippen LogP contribution is 2.30. The second-order valence-electron chi connectivity index (χ2n) is 9.57. The quantitative estimate of drug-likeness (QED) is 0.406. The topological polar surface area (TPSA) is 45.6 Å². The van der Waals surface area contributed by atoms with Crippen LogP contribution in [-0.4, -0.2) is 44.8 Å². The lowest BCUT2D eigenvalue weighted by Crippen LogP contribution is -2.48. The van der Waals surface area contributed by atoms with Crippen LogP contribution in [-0.2, 0) is 17.9 Å². The van der Waals surface area contributed by atoms with Gasteiger partial charge in [-0.1, -0.05) is 55.7 Å². The molecule has 5 nitrogen and oxygen atoms in total. The van der Waals surface area contributed by atoms with Crippen molar-refractivity contribution in [2.75, 3.05) is 6.54 Å². The van der Waals surface area contributed by atoms with E-state index in [1.807, 2.05) is 33.4 Å². The molecule has 0 spiro atoms. The fraction of sp³-hybridized carbons (Fsp3) is 0.429. The Morgan fingerprint density at radius 2 is 1.62 bits per heavy atom. The van der Waals surface area contributed by atoms with Crippen molar-refractivity contribution in [1.29, 1.82) is 0 Å². The molecule has 2 aromatic heterocycles. The van der Waals surface area contributed by atoms with Crippen LogP contribution in [0.4, 0.5) is 0 Å². The highest BCUT2D eigenvalue weighted by molar-refractivity contribution is 7.12. The third kappa shape index (κ3) is 5.44. The van der Waals surface area contributed by atoms with Gasteiger partial charge in [-0.3, -0.25) is 9.59 Å². The lowest BCUT2D eigenvalue weighted by Gasteiger charge is -2.35. The number of hydrogen-bond donors (Lipinski definition) is 0. The largest absolute Gasteiger partial charge is 0.345 e. The van der Waals surface area contributed by atoms with Crippen molar-refractivity contribution in [1.82, 2.24) is 14.4 Å². The monoisotopic (exact) mass is 475 g/mol. The third-order valence-electron chi connectivity index (χ3n) is 7.07. The van der Waals surface area contributed by atoms with Gasteiger partial charge in [-0.05, 0) is 54.8 Å². The summed E-state index contributed by atoms with van der Waals surface area (Å²) in [5.74, 6) is 0.0869. The van der Waals surface area contributed by atoms with Crippen LogP contribution in [0.3, 0.4) is 0 Å². The van der Waals surface area contributed by atoms with E-state index in [-0.39, 0.29) is 30.4 Å². The van der Waals surface area contributed by atoms with Crippen LogP contribution in [0.15, 0.2) is 66.2 Å². The molecule has 6 heteroatoms. The van der Waals surface area contributed by atoms with Gasteiger partial charge in [0.1, 0.15) is 6.54 Å². The summed E-state index contributed by atoms with van der Waals surface area (Å²) in [7, 11) is 0. The SMILES string of the molecule is O=C(CN(C(=O)c1cccs1)C1CCCCC1)N(Cc1cccn1Cc1ccccc1)C1CC1. The van der Waals surface area contributed by atoms with Crippen LogP contribution < -0.4 is 0 Å². The van der Waals surface area contributed by atoms with Gasteiger partial charge >= 0.3 is 0 Å². The highest BCUT2D eigenvalue weighted by atomic mass is 32.1. The zero-order valence-corrected chi connectivity index (χ0v) is 20.5. The van der Waals surface area contributed by atoms with Gasteiger partial charge in [0, 0.05) is 30.5 Å². The minimum Gasteiger partial charge on any atom is -0.345 e. The van der Waals surface area contributed by atoms with E-state index >= 15 is 0 Å².